The van der Waals surface area contributed by atoms with E-state index in [2.05, 4.69) is 10.6 Å². The highest BCUT2D eigenvalue weighted by molar-refractivity contribution is 6.00. The van der Waals surface area contributed by atoms with Crippen molar-refractivity contribution in [3.63, 3.8) is 0 Å². The van der Waals surface area contributed by atoms with Crippen molar-refractivity contribution in [3.8, 4) is 0 Å². The molecule has 3 amide bonds. The molecule has 0 aliphatic carbocycles. The molecule has 0 aromatic heterocycles. The van der Waals surface area contributed by atoms with Gasteiger partial charge in [0.25, 0.3) is 0 Å². The molecule has 0 atom stereocenters. The maximum atomic E-state index is 12.8. The van der Waals surface area contributed by atoms with Crippen LogP contribution in [0, 0.1) is 0 Å². The SMILES string of the molecule is NC(=O)N(c1ccc(Nc2ccc3c(c2)NC(=O)C3)cc1)c1ccc(C(F)(F)F)cc1. The molecular weight excluding hydrogens is 409 g/mol. The molecule has 1 heterocycles. The molecule has 4 N–H and O–H groups in total. The van der Waals surface area contributed by atoms with Crippen LogP contribution in [0.15, 0.2) is 66.7 Å². The number of nitrogens with two attached hydrogens (primary N) is 1. The van der Waals surface area contributed by atoms with Crippen molar-refractivity contribution in [2.75, 3.05) is 15.5 Å². The summed E-state index contributed by atoms with van der Waals surface area (Å²) in [5, 5.41) is 5.98. The minimum Gasteiger partial charge on any atom is -0.355 e. The number of hydrogen-bond acceptors (Lipinski definition) is 3. The molecule has 158 valence electrons. The molecule has 0 bridgehead atoms. The third-order valence-corrected chi connectivity index (χ3v) is 4.82. The van der Waals surface area contributed by atoms with Gasteiger partial charge in [-0.3, -0.25) is 9.69 Å². The number of nitrogens with zero attached hydrogens (tertiary/aromatic N) is 1. The lowest BCUT2D eigenvalue weighted by Gasteiger charge is -2.21. The van der Waals surface area contributed by atoms with Crippen molar-refractivity contribution in [1.82, 2.24) is 0 Å². The largest absolute Gasteiger partial charge is 0.416 e. The smallest absolute Gasteiger partial charge is 0.355 e. The number of amides is 3. The number of fused-ring (bicyclic) bond motifs is 1. The van der Waals surface area contributed by atoms with Crippen LogP contribution in [0.2, 0.25) is 0 Å². The second kappa shape index (κ2) is 7.67. The molecule has 3 aromatic rings. The fourth-order valence-corrected chi connectivity index (χ4v) is 3.36. The number of halogens is 3. The number of alkyl halides is 3. The Labute approximate surface area is 175 Å². The van der Waals surface area contributed by atoms with Crippen LogP contribution in [-0.2, 0) is 17.4 Å². The van der Waals surface area contributed by atoms with E-state index in [1.165, 1.54) is 12.1 Å². The average Bonchev–Trinajstić information content (AvgIpc) is 3.08. The third kappa shape index (κ3) is 4.30. The lowest BCUT2D eigenvalue weighted by molar-refractivity contribution is -0.137. The second-order valence-electron chi connectivity index (χ2n) is 6.99. The maximum Gasteiger partial charge on any atom is 0.416 e. The number of carbonyl (C=O) groups is 2. The van der Waals surface area contributed by atoms with Gasteiger partial charge >= 0.3 is 12.2 Å². The first kappa shape index (κ1) is 20.3. The van der Waals surface area contributed by atoms with Crippen LogP contribution >= 0.6 is 0 Å². The molecule has 1 aliphatic heterocycles. The Morgan fingerprint density at radius 3 is 2.10 bits per heavy atom. The first-order chi connectivity index (χ1) is 14.7. The third-order valence-electron chi connectivity index (χ3n) is 4.82. The highest BCUT2D eigenvalue weighted by Crippen LogP contribution is 2.33. The molecule has 4 rings (SSSR count). The van der Waals surface area contributed by atoms with Gasteiger partial charge in [-0.05, 0) is 66.2 Å². The highest BCUT2D eigenvalue weighted by atomic mass is 19.4. The summed E-state index contributed by atoms with van der Waals surface area (Å²) in [6.45, 7) is 0. The Morgan fingerprint density at radius 2 is 1.52 bits per heavy atom. The first-order valence-corrected chi connectivity index (χ1v) is 9.27. The van der Waals surface area contributed by atoms with Gasteiger partial charge in [0, 0.05) is 17.1 Å². The molecule has 0 saturated carbocycles. The molecule has 3 aromatic carbocycles. The zero-order valence-electron chi connectivity index (χ0n) is 16.0. The van der Waals surface area contributed by atoms with Crippen LogP contribution in [0.25, 0.3) is 0 Å². The van der Waals surface area contributed by atoms with Crippen LogP contribution < -0.4 is 21.3 Å². The Bertz CT molecular complexity index is 1140. The number of urea groups is 1. The van der Waals surface area contributed by atoms with Crippen LogP contribution in [0.4, 0.5) is 46.4 Å². The van der Waals surface area contributed by atoms with E-state index >= 15 is 0 Å². The Kier molecular flexibility index (Phi) is 5.02. The maximum absolute atomic E-state index is 12.8. The van der Waals surface area contributed by atoms with Crippen LogP contribution in [-0.4, -0.2) is 11.9 Å². The number of rotatable bonds is 4. The van der Waals surface area contributed by atoms with E-state index in [9.17, 15) is 22.8 Å². The number of nitrogens with one attached hydrogen (secondary N) is 2. The Balaban J connectivity index is 1.54. The van der Waals surface area contributed by atoms with Crippen molar-refractivity contribution in [1.29, 1.82) is 0 Å². The monoisotopic (exact) mass is 426 g/mol. The minimum absolute atomic E-state index is 0.0497. The normalized spacial score (nSPS) is 12.8. The van der Waals surface area contributed by atoms with Gasteiger partial charge in [0.1, 0.15) is 0 Å². The van der Waals surface area contributed by atoms with E-state index in [4.69, 9.17) is 5.73 Å². The fraction of sp³-hybridized carbons (Fsp3) is 0.0909. The zero-order valence-corrected chi connectivity index (χ0v) is 16.0. The lowest BCUT2D eigenvalue weighted by atomic mass is 10.1. The minimum atomic E-state index is -4.47. The Hall–Kier alpha value is -4.01. The van der Waals surface area contributed by atoms with Gasteiger partial charge in [-0.25, -0.2) is 4.79 Å². The molecular formula is C22H17F3N4O2. The average molecular weight is 426 g/mol. The molecule has 0 unspecified atom stereocenters. The van der Waals surface area contributed by atoms with Crippen molar-refractivity contribution in [2.24, 2.45) is 5.73 Å². The van der Waals surface area contributed by atoms with E-state index < -0.39 is 17.8 Å². The molecule has 0 fully saturated rings. The van der Waals surface area contributed by atoms with Gasteiger partial charge < -0.3 is 16.4 Å². The predicted octanol–water partition coefficient (Wildman–Crippen LogP) is 5.16. The van der Waals surface area contributed by atoms with E-state index in [0.29, 0.717) is 17.8 Å². The van der Waals surface area contributed by atoms with Crippen LogP contribution in [0.1, 0.15) is 11.1 Å². The quantitative estimate of drug-likeness (QED) is 0.539. The van der Waals surface area contributed by atoms with Gasteiger partial charge in [0.05, 0.1) is 23.4 Å². The van der Waals surface area contributed by atoms with Gasteiger partial charge in [-0.15, -0.1) is 0 Å². The molecule has 6 nitrogen and oxygen atoms in total. The van der Waals surface area contributed by atoms with Gasteiger partial charge in [0.2, 0.25) is 5.91 Å². The van der Waals surface area contributed by atoms with E-state index in [-0.39, 0.29) is 11.6 Å². The van der Waals surface area contributed by atoms with Crippen molar-refractivity contribution in [3.05, 3.63) is 77.9 Å². The highest BCUT2D eigenvalue weighted by Gasteiger charge is 2.30. The van der Waals surface area contributed by atoms with E-state index in [0.717, 1.165) is 34.0 Å². The topological polar surface area (TPSA) is 87.5 Å². The van der Waals surface area contributed by atoms with Crippen molar-refractivity contribution >= 4 is 40.4 Å². The number of anilines is 5. The van der Waals surface area contributed by atoms with Crippen molar-refractivity contribution < 1.29 is 22.8 Å². The number of benzene rings is 3. The van der Waals surface area contributed by atoms with Gasteiger partial charge in [-0.1, -0.05) is 6.07 Å². The summed E-state index contributed by atoms with van der Waals surface area (Å²) < 4.78 is 38.4. The molecule has 9 heteroatoms. The van der Waals surface area contributed by atoms with Crippen molar-refractivity contribution in [2.45, 2.75) is 12.6 Å². The zero-order chi connectivity index (χ0) is 22.2. The van der Waals surface area contributed by atoms with Gasteiger partial charge in [0.15, 0.2) is 0 Å². The summed E-state index contributed by atoms with van der Waals surface area (Å²) in [6, 6.07) is 15.6. The van der Waals surface area contributed by atoms with E-state index in [1.807, 2.05) is 18.2 Å². The predicted molar refractivity (Wildman–Crippen MR) is 112 cm³/mol. The Morgan fingerprint density at radius 1 is 0.935 bits per heavy atom. The summed E-state index contributed by atoms with van der Waals surface area (Å²) in [7, 11) is 0. The molecule has 0 radical (unpaired) electrons. The summed E-state index contributed by atoms with van der Waals surface area (Å²) in [5.74, 6) is -0.0497. The summed E-state index contributed by atoms with van der Waals surface area (Å²) >= 11 is 0. The van der Waals surface area contributed by atoms with Crippen LogP contribution in [0.5, 0.6) is 0 Å². The number of hydrogen-bond donors (Lipinski definition) is 3. The lowest BCUT2D eigenvalue weighted by Crippen LogP contribution is -2.31. The molecule has 0 spiro atoms. The molecule has 1 aliphatic rings. The fourth-order valence-electron chi connectivity index (χ4n) is 3.36. The second-order valence-corrected chi connectivity index (χ2v) is 6.99. The summed E-state index contributed by atoms with van der Waals surface area (Å²) in [5.41, 5.74) is 8.44. The number of primary amides is 1. The first-order valence-electron chi connectivity index (χ1n) is 9.27. The van der Waals surface area contributed by atoms with Gasteiger partial charge in [-0.2, -0.15) is 13.2 Å². The number of carbonyl (C=O) groups excluding carboxylic acids is 2. The standard InChI is InChI=1S/C22H17F3N4O2/c23-22(24,25)14-2-7-17(8-3-14)29(21(26)31)18-9-5-15(6-10-18)27-16-4-1-13-11-20(30)28-19(13)12-16/h1-10,12,27H,11H2,(H2,26,31)(H,28,30). The molecule has 31 heavy (non-hydrogen) atoms. The molecule has 0 saturated heterocycles. The van der Waals surface area contributed by atoms with E-state index in [1.54, 1.807) is 24.3 Å². The van der Waals surface area contributed by atoms with Crippen LogP contribution in [0.3, 0.4) is 0 Å². The summed E-state index contributed by atoms with van der Waals surface area (Å²) in [6.07, 6.45) is -4.11. The summed E-state index contributed by atoms with van der Waals surface area (Å²) in [4.78, 5) is 24.6.